The first-order chi connectivity index (χ1) is 21.1. The third-order valence-corrected chi connectivity index (χ3v) is 9.21. The summed E-state index contributed by atoms with van der Waals surface area (Å²) in [5.41, 5.74) is 3.83. The normalized spacial score (nSPS) is 11.9. The van der Waals surface area contributed by atoms with Crippen LogP contribution in [0.15, 0.2) is 108 Å². The van der Waals surface area contributed by atoms with E-state index >= 15 is 0 Å². The first-order valence-corrected chi connectivity index (χ1v) is 16.0. The van der Waals surface area contributed by atoms with Crippen molar-refractivity contribution in [3.63, 3.8) is 0 Å². The Morgan fingerprint density at radius 2 is 1.48 bits per heavy atom. The lowest BCUT2D eigenvalue weighted by atomic mass is 10.0. The maximum Gasteiger partial charge on any atom is 0.264 e. The molecule has 9 heteroatoms. The van der Waals surface area contributed by atoms with Gasteiger partial charge in [-0.2, -0.15) is 0 Å². The van der Waals surface area contributed by atoms with Crippen molar-refractivity contribution in [1.29, 1.82) is 0 Å². The smallest absolute Gasteiger partial charge is 0.264 e. The molecule has 0 saturated heterocycles. The lowest BCUT2D eigenvalue weighted by Crippen LogP contribution is -2.53. The highest BCUT2D eigenvalue weighted by Crippen LogP contribution is 2.26. The van der Waals surface area contributed by atoms with Gasteiger partial charge in [0.25, 0.3) is 10.0 Å². The van der Waals surface area contributed by atoms with Crippen LogP contribution in [-0.4, -0.2) is 44.3 Å². The van der Waals surface area contributed by atoms with Gasteiger partial charge in [0, 0.05) is 19.5 Å². The van der Waals surface area contributed by atoms with Crippen LogP contribution in [0.4, 0.5) is 10.1 Å². The number of anilines is 1. The first kappa shape index (κ1) is 32.4. The van der Waals surface area contributed by atoms with Gasteiger partial charge in [0.2, 0.25) is 11.8 Å². The highest BCUT2D eigenvalue weighted by atomic mass is 32.2. The third kappa shape index (κ3) is 8.11. The summed E-state index contributed by atoms with van der Waals surface area (Å²) in [6.07, 6.45) is 0.954. The molecule has 2 amide bonds. The number of carbonyl (C=O) groups is 2. The van der Waals surface area contributed by atoms with E-state index in [2.05, 4.69) is 5.32 Å². The fourth-order valence-corrected chi connectivity index (χ4v) is 6.28. The van der Waals surface area contributed by atoms with Gasteiger partial charge in [0.1, 0.15) is 18.4 Å². The van der Waals surface area contributed by atoms with E-state index < -0.39 is 34.3 Å². The Labute approximate surface area is 259 Å². The minimum atomic E-state index is -4.29. The van der Waals surface area contributed by atoms with Gasteiger partial charge in [-0.1, -0.05) is 79.2 Å². The van der Waals surface area contributed by atoms with Crippen LogP contribution < -0.4 is 9.62 Å². The zero-order valence-electron chi connectivity index (χ0n) is 25.2. The van der Waals surface area contributed by atoms with E-state index in [-0.39, 0.29) is 29.5 Å². The molecule has 0 aliphatic rings. The highest BCUT2D eigenvalue weighted by molar-refractivity contribution is 7.92. The number of benzene rings is 4. The quantitative estimate of drug-likeness (QED) is 0.206. The van der Waals surface area contributed by atoms with Crippen LogP contribution in [0.3, 0.4) is 0 Å². The summed E-state index contributed by atoms with van der Waals surface area (Å²) in [5, 5.41) is 2.94. The van der Waals surface area contributed by atoms with Gasteiger partial charge < -0.3 is 10.2 Å². The van der Waals surface area contributed by atoms with Gasteiger partial charge in [0.15, 0.2) is 0 Å². The molecule has 0 spiro atoms. The lowest BCUT2D eigenvalue weighted by Gasteiger charge is -2.34. The van der Waals surface area contributed by atoms with Crippen molar-refractivity contribution in [3.8, 4) is 0 Å². The molecule has 230 valence electrons. The highest BCUT2D eigenvalue weighted by Gasteiger charge is 2.34. The second kappa shape index (κ2) is 14.8. The monoisotopic (exact) mass is 615 g/mol. The van der Waals surface area contributed by atoms with Crippen LogP contribution in [0.25, 0.3) is 0 Å². The molecular formula is C35H38FN3O4S. The summed E-state index contributed by atoms with van der Waals surface area (Å²) >= 11 is 0. The molecule has 7 nitrogen and oxygen atoms in total. The number of nitrogens with one attached hydrogen (secondary N) is 1. The number of hydrogen-bond donors (Lipinski definition) is 1. The van der Waals surface area contributed by atoms with Crippen molar-refractivity contribution in [3.05, 3.63) is 131 Å². The Balaban J connectivity index is 1.80. The van der Waals surface area contributed by atoms with Crippen molar-refractivity contribution >= 4 is 27.5 Å². The molecule has 4 rings (SSSR count). The number of amides is 2. The van der Waals surface area contributed by atoms with Gasteiger partial charge in [-0.15, -0.1) is 0 Å². The van der Waals surface area contributed by atoms with Crippen molar-refractivity contribution < 1.29 is 22.4 Å². The molecule has 1 atom stereocenters. The molecule has 1 unspecified atom stereocenters. The van der Waals surface area contributed by atoms with Crippen LogP contribution in [0, 0.1) is 19.7 Å². The van der Waals surface area contributed by atoms with E-state index in [1.165, 1.54) is 17.0 Å². The Kier molecular flexibility index (Phi) is 10.9. The fraction of sp³-hybridized carbons (Fsp3) is 0.257. The minimum absolute atomic E-state index is 0.0981. The average molecular weight is 616 g/mol. The summed E-state index contributed by atoms with van der Waals surface area (Å²) in [5.74, 6) is -1.44. The van der Waals surface area contributed by atoms with Crippen LogP contribution >= 0.6 is 0 Å². The van der Waals surface area contributed by atoms with Crippen molar-refractivity contribution in [2.75, 3.05) is 17.4 Å². The number of carbonyl (C=O) groups excluding carboxylic acids is 2. The van der Waals surface area contributed by atoms with Crippen molar-refractivity contribution in [2.45, 2.75) is 51.1 Å². The molecule has 0 aromatic heterocycles. The van der Waals surface area contributed by atoms with E-state index in [1.807, 2.05) is 75.4 Å². The summed E-state index contributed by atoms with van der Waals surface area (Å²) in [4.78, 5) is 29.5. The molecule has 0 aliphatic heterocycles. The van der Waals surface area contributed by atoms with Gasteiger partial charge in [-0.25, -0.2) is 12.8 Å². The molecule has 4 aromatic carbocycles. The molecule has 0 heterocycles. The van der Waals surface area contributed by atoms with E-state index in [9.17, 15) is 22.4 Å². The molecule has 0 saturated carbocycles. The molecule has 0 aliphatic carbocycles. The number of rotatable bonds is 13. The van der Waals surface area contributed by atoms with E-state index in [4.69, 9.17) is 0 Å². The second-order valence-electron chi connectivity index (χ2n) is 10.7. The topological polar surface area (TPSA) is 86.8 Å². The zero-order chi connectivity index (χ0) is 31.7. The van der Waals surface area contributed by atoms with Crippen molar-refractivity contribution in [1.82, 2.24) is 10.2 Å². The molecule has 4 aromatic rings. The Bertz CT molecular complexity index is 1660. The number of nitrogens with zero attached hydrogens (tertiary/aromatic N) is 2. The molecule has 0 fully saturated rings. The van der Waals surface area contributed by atoms with Crippen LogP contribution in [0.1, 0.15) is 35.6 Å². The predicted octanol–water partition coefficient (Wildman–Crippen LogP) is 5.80. The largest absolute Gasteiger partial charge is 0.354 e. The van der Waals surface area contributed by atoms with Crippen LogP contribution in [0.5, 0.6) is 0 Å². The van der Waals surface area contributed by atoms with E-state index in [1.54, 1.807) is 24.3 Å². The Morgan fingerprint density at radius 1 is 0.841 bits per heavy atom. The Hall–Kier alpha value is -4.50. The summed E-state index contributed by atoms with van der Waals surface area (Å²) in [6.45, 7) is 5.72. The summed E-state index contributed by atoms with van der Waals surface area (Å²) < 4.78 is 42.7. The van der Waals surface area contributed by atoms with Crippen LogP contribution in [-0.2, 0) is 32.6 Å². The fourth-order valence-electron chi connectivity index (χ4n) is 4.86. The van der Waals surface area contributed by atoms with Crippen LogP contribution in [0.2, 0.25) is 0 Å². The maximum atomic E-state index is 14.4. The molecule has 44 heavy (non-hydrogen) atoms. The summed E-state index contributed by atoms with van der Waals surface area (Å²) in [6, 6.07) is 27.4. The molecule has 0 bridgehead atoms. The number of sulfonamides is 1. The van der Waals surface area contributed by atoms with Gasteiger partial charge in [-0.05, 0) is 73.4 Å². The standard InChI is InChI=1S/C35H38FN3O4S/c1-4-22-37-35(41)33(23-28-11-6-5-7-12-28)38(24-29-13-9-8-10-27(29)3)34(40)25-39(31-18-14-26(2)15-19-31)44(42,43)32-20-16-30(36)17-21-32/h5-21,33H,4,22-25H2,1-3H3,(H,37,41). The van der Waals surface area contributed by atoms with E-state index in [0.717, 1.165) is 38.7 Å². The third-order valence-electron chi connectivity index (χ3n) is 7.42. The number of hydrogen-bond acceptors (Lipinski definition) is 4. The second-order valence-corrected chi connectivity index (χ2v) is 12.6. The number of halogens is 1. The van der Waals surface area contributed by atoms with Crippen molar-refractivity contribution in [2.24, 2.45) is 0 Å². The Morgan fingerprint density at radius 3 is 2.11 bits per heavy atom. The predicted molar refractivity (Wildman–Crippen MR) is 171 cm³/mol. The SMILES string of the molecule is CCCNC(=O)C(Cc1ccccc1)N(Cc1ccccc1C)C(=O)CN(c1ccc(C)cc1)S(=O)(=O)c1ccc(F)cc1. The molecule has 1 N–H and O–H groups in total. The first-order valence-electron chi connectivity index (χ1n) is 14.6. The molecule has 0 radical (unpaired) electrons. The maximum absolute atomic E-state index is 14.4. The summed E-state index contributed by atoms with van der Waals surface area (Å²) in [7, 11) is -4.29. The molecular weight excluding hydrogens is 577 g/mol. The van der Waals surface area contributed by atoms with Gasteiger partial charge in [0.05, 0.1) is 10.6 Å². The minimum Gasteiger partial charge on any atom is -0.354 e. The van der Waals surface area contributed by atoms with E-state index in [0.29, 0.717) is 13.0 Å². The lowest BCUT2D eigenvalue weighted by molar-refractivity contribution is -0.140. The zero-order valence-corrected chi connectivity index (χ0v) is 26.1. The average Bonchev–Trinajstić information content (AvgIpc) is 3.02. The van der Waals surface area contributed by atoms with Gasteiger partial charge in [-0.3, -0.25) is 13.9 Å². The van der Waals surface area contributed by atoms with Gasteiger partial charge >= 0.3 is 0 Å². The number of aryl methyl sites for hydroxylation is 2.